The SMILES string of the molecule is CC(=NNC(=O)COc1cccc(Br)c1)c1ccc(C)cc1. The number of hydrazone groups is 1. The van der Waals surface area contributed by atoms with Crippen molar-refractivity contribution < 1.29 is 9.53 Å². The molecule has 1 N–H and O–H groups in total. The van der Waals surface area contributed by atoms with Crippen molar-refractivity contribution in [3.05, 3.63) is 64.1 Å². The summed E-state index contributed by atoms with van der Waals surface area (Å²) in [6.45, 7) is 3.79. The van der Waals surface area contributed by atoms with Gasteiger partial charge in [-0.25, -0.2) is 5.43 Å². The van der Waals surface area contributed by atoms with Crippen molar-refractivity contribution in [3.63, 3.8) is 0 Å². The van der Waals surface area contributed by atoms with Crippen LogP contribution < -0.4 is 10.2 Å². The minimum absolute atomic E-state index is 0.0822. The summed E-state index contributed by atoms with van der Waals surface area (Å²) in [5, 5.41) is 4.08. The lowest BCUT2D eigenvalue weighted by Gasteiger charge is -2.06. The van der Waals surface area contributed by atoms with Crippen LogP contribution in [0, 0.1) is 6.92 Å². The molecule has 0 aliphatic carbocycles. The highest BCUT2D eigenvalue weighted by atomic mass is 79.9. The average Bonchev–Trinajstić information content (AvgIpc) is 2.51. The molecule has 0 aliphatic heterocycles. The van der Waals surface area contributed by atoms with Crippen LogP contribution in [-0.4, -0.2) is 18.2 Å². The first-order valence-corrected chi connectivity index (χ1v) is 7.62. The number of ether oxygens (including phenoxy) is 1. The monoisotopic (exact) mass is 360 g/mol. The molecule has 114 valence electrons. The van der Waals surface area contributed by atoms with E-state index < -0.39 is 0 Å². The second kappa shape index (κ2) is 7.75. The van der Waals surface area contributed by atoms with Gasteiger partial charge < -0.3 is 4.74 Å². The molecular formula is C17H17BrN2O2. The number of benzene rings is 2. The highest BCUT2D eigenvalue weighted by Gasteiger charge is 2.03. The Hall–Kier alpha value is -2.14. The Balaban J connectivity index is 1.86. The first-order chi connectivity index (χ1) is 10.5. The fourth-order valence-corrected chi connectivity index (χ4v) is 2.12. The molecule has 0 saturated carbocycles. The summed E-state index contributed by atoms with van der Waals surface area (Å²) < 4.78 is 6.29. The summed E-state index contributed by atoms with van der Waals surface area (Å²) in [7, 11) is 0. The summed E-state index contributed by atoms with van der Waals surface area (Å²) >= 11 is 3.35. The number of halogens is 1. The van der Waals surface area contributed by atoms with Gasteiger partial charge >= 0.3 is 0 Å². The van der Waals surface area contributed by atoms with E-state index in [1.807, 2.05) is 50.2 Å². The molecule has 2 aromatic rings. The number of hydrogen-bond donors (Lipinski definition) is 1. The van der Waals surface area contributed by atoms with Crippen molar-refractivity contribution in [2.24, 2.45) is 5.10 Å². The van der Waals surface area contributed by atoms with Gasteiger partial charge in [0.25, 0.3) is 5.91 Å². The van der Waals surface area contributed by atoms with E-state index in [2.05, 4.69) is 26.5 Å². The molecule has 0 spiro atoms. The molecule has 0 unspecified atom stereocenters. The molecule has 4 nitrogen and oxygen atoms in total. The van der Waals surface area contributed by atoms with Gasteiger partial charge in [-0.1, -0.05) is 51.8 Å². The van der Waals surface area contributed by atoms with Crippen molar-refractivity contribution in [1.82, 2.24) is 5.43 Å². The third-order valence-electron chi connectivity index (χ3n) is 2.98. The Bertz CT molecular complexity index is 681. The fraction of sp³-hybridized carbons (Fsp3) is 0.176. The second-order valence-corrected chi connectivity index (χ2v) is 5.76. The summed E-state index contributed by atoms with van der Waals surface area (Å²) in [5.41, 5.74) is 5.39. The van der Waals surface area contributed by atoms with Crippen molar-refractivity contribution in [2.75, 3.05) is 6.61 Å². The first kappa shape index (κ1) is 16.2. The number of aryl methyl sites for hydroxylation is 1. The zero-order valence-corrected chi connectivity index (χ0v) is 14.1. The van der Waals surface area contributed by atoms with E-state index in [1.54, 1.807) is 12.1 Å². The predicted molar refractivity (Wildman–Crippen MR) is 91.2 cm³/mol. The molecule has 0 aromatic heterocycles. The zero-order valence-electron chi connectivity index (χ0n) is 12.5. The van der Waals surface area contributed by atoms with Gasteiger partial charge in [0.05, 0.1) is 5.71 Å². The van der Waals surface area contributed by atoms with E-state index in [0.29, 0.717) is 5.75 Å². The number of hydrogen-bond acceptors (Lipinski definition) is 3. The molecule has 0 fully saturated rings. The molecule has 2 rings (SSSR count). The van der Waals surface area contributed by atoms with E-state index in [4.69, 9.17) is 4.74 Å². The van der Waals surface area contributed by atoms with Crippen LogP contribution in [-0.2, 0) is 4.79 Å². The maximum atomic E-state index is 11.7. The highest BCUT2D eigenvalue weighted by Crippen LogP contribution is 2.17. The smallest absolute Gasteiger partial charge is 0.277 e. The van der Waals surface area contributed by atoms with Crippen molar-refractivity contribution in [3.8, 4) is 5.75 Å². The molecule has 22 heavy (non-hydrogen) atoms. The number of carbonyl (C=O) groups excluding carboxylic acids is 1. The van der Waals surface area contributed by atoms with E-state index >= 15 is 0 Å². The van der Waals surface area contributed by atoms with Gasteiger partial charge in [-0.3, -0.25) is 4.79 Å². The van der Waals surface area contributed by atoms with Crippen LogP contribution in [0.25, 0.3) is 0 Å². The molecule has 0 heterocycles. The quantitative estimate of drug-likeness (QED) is 0.653. The van der Waals surface area contributed by atoms with Crippen molar-refractivity contribution >= 4 is 27.5 Å². The third kappa shape index (κ3) is 5.00. The van der Waals surface area contributed by atoms with Gasteiger partial charge in [-0.15, -0.1) is 0 Å². The Kier molecular flexibility index (Phi) is 5.72. The molecule has 0 radical (unpaired) electrons. The lowest BCUT2D eigenvalue weighted by molar-refractivity contribution is -0.123. The molecule has 5 heteroatoms. The molecule has 0 bridgehead atoms. The van der Waals surface area contributed by atoms with E-state index in [0.717, 1.165) is 15.7 Å². The predicted octanol–water partition coefficient (Wildman–Crippen LogP) is 3.68. The first-order valence-electron chi connectivity index (χ1n) is 6.83. The van der Waals surface area contributed by atoms with Crippen molar-refractivity contribution in [2.45, 2.75) is 13.8 Å². The van der Waals surface area contributed by atoms with Gasteiger partial charge in [0.1, 0.15) is 5.75 Å². The molecule has 2 aromatic carbocycles. The topological polar surface area (TPSA) is 50.7 Å². The van der Waals surface area contributed by atoms with E-state index in [1.165, 1.54) is 5.56 Å². The average molecular weight is 361 g/mol. The summed E-state index contributed by atoms with van der Waals surface area (Å²) in [5.74, 6) is 0.329. The largest absolute Gasteiger partial charge is 0.484 e. The Morgan fingerprint density at radius 2 is 1.95 bits per heavy atom. The number of nitrogens with one attached hydrogen (secondary N) is 1. The lowest BCUT2D eigenvalue weighted by Crippen LogP contribution is -2.25. The van der Waals surface area contributed by atoms with E-state index in [9.17, 15) is 4.79 Å². The van der Waals surface area contributed by atoms with Crippen LogP contribution in [0.1, 0.15) is 18.1 Å². The van der Waals surface area contributed by atoms with Gasteiger partial charge in [-0.2, -0.15) is 5.10 Å². The third-order valence-corrected chi connectivity index (χ3v) is 3.48. The van der Waals surface area contributed by atoms with Crippen LogP contribution >= 0.6 is 15.9 Å². The lowest BCUT2D eigenvalue weighted by atomic mass is 10.1. The van der Waals surface area contributed by atoms with Gasteiger partial charge in [0, 0.05) is 4.47 Å². The normalized spacial score (nSPS) is 11.1. The minimum Gasteiger partial charge on any atom is -0.484 e. The fourth-order valence-electron chi connectivity index (χ4n) is 1.74. The van der Waals surface area contributed by atoms with Gasteiger partial charge in [0.15, 0.2) is 6.61 Å². The Morgan fingerprint density at radius 3 is 2.64 bits per heavy atom. The van der Waals surface area contributed by atoms with Gasteiger partial charge in [-0.05, 0) is 37.6 Å². The maximum absolute atomic E-state index is 11.7. The molecule has 0 atom stereocenters. The van der Waals surface area contributed by atoms with Crippen LogP contribution in [0.3, 0.4) is 0 Å². The summed E-state index contributed by atoms with van der Waals surface area (Å²) in [6, 6.07) is 15.3. The summed E-state index contributed by atoms with van der Waals surface area (Å²) in [4.78, 5) is 11.7. The highest BCUT2D eigenvalue weighted by molar-refractivity contribution is 9.10. The second-order valence-electron chi connectivity index (χ2n) is 4.84. The molecule has 0 aliphatic rings. The minimum atomic E-state index is -0.300. The van der Waals surface area contributed by atoms with Crippen molar-refractivity contribution in [1.29, 1.82) is 0 Å². The van der Waals surface area contributed by atoms with Gasteiger partial charge in [0.2, 0.25) is 0 Å². The molecule has 1 amide bonds. The standard InChI is InChI=1S/C17H17BrN2O2/c1-12-6-8-14(9-7-12)13(2)19-20-17(21)11-22-16-5-3-4-15(18)10-16/h3-10H,11H2,1-2H3,(H,20,21). The van der Waals surface area contributed by atoms with Crippen LogP contribution in [0.4, 0.5) is 0 Å². The number of amides is 1. The zero-order chi connectivity index (χ0) is 15.9. The number of rotatable bonds is 5. The summed E-state index contributed by atoms with van der Waals surface area (Å²) in [6.07, 6.45) is 0. The number of carbonyl (C=O) groups is 1. The van der Waals surface area contributed by atoms with Crippen LogP contribution in [0.15, 0.2) is 58.1 Å². The Morgan fingerprint density at radius 1 is 1.23 bits per heavy atom. The Labute approximate surface area is 138 Å². The maximum Gasteiger partial charge on any atom is 0.277 e. The van der Waals surface area contributed by atoms with E-state index in [-0.39, 0.29) is 12.5 Å². The van der Waals surface area contributed by atoms with Crippen LogP contribution in [0.2, 0.25) is 0 Å². The molecule has 0 saturated heterocycles. The number of nitrogens with zero attached hydrogens (tertiary/aromatic N) is 1. The molecular weight excluding hydrogens is 344 g/mol. The van der Waals surface area contributed by atoms with Crippen LogP contribution in [0.5, 0.6) is 5.75 Å².